The summed E-state index contributed by atoms with van der Waals surface area (Å²) in [5.41, 5.74) is 1.26. The van der Waals surface area contributed by atoms with Gasteiger partial charge in [0.15, 0.2) is 0 Å². The molecule has 27 heavy (non-hydrogen) atoms. The summed E-state index contributed by atoms with van der Waals surface area (Å²) in [6.45, 7) is 1.40. The van der Waals surface area contributed by atoms with Crippen molar-refractivity contribution in [2.75, 3.05) is 18.4 Å². The number of hydrogen-bond donors (Lipinski definition) is 2. The highest BCUT2D eigenvalue weighted by Crippen LogP contribution is 2.61. The molecule has 0 atom stereocenters. The second-order valence-corrected chi connectivity index (χ2v) is 9.03. The number of carbonyl (C=O) groups is 1. The van der Waals surface area contributed by atoms with Gasteiger partial charge in [-0.25, -0.2) is 0 Å². The van der Waals surface area contributed by atoms with Crippen LogP contribution in [0.5, 0.6) is 0 Å². The van der Waals surface area contributed by atoms with Crippen LogP contribution in [0.4, 0.5) is 11.4 Å². The average molecular weight is 371 g/mol. The summed E-state index contributed by atoms with van der Waals surface area (Å²) in [5.74, 6) is 2.87. The quantitative estimate of drug-likeness (QED) is 0.409. The molecule has 0 radical (unpaired) electrons. The highest BCUT2D eigenvalue weighted by molar-refractivity contribution is 5.76. The van der Waals surface area contributed by atoms with Gasteiger partial charge in [0.05, 0.1) is 4.92 Å². The standard InChI is InChI=1S/C21H29N3O3/c25-20(14-21-11-15-8-16(12-21)10-17(9-15)13-21)23-7-1-6-22-18-2-4-19(5-3-18)24(26)27/h2-5,15-17,22H,1,6-14H2,(H,23,25). The Morgan fingerprint density at radius 1 is 1.04 bits per heavy atom. The van der Waals surface area contributed by atoms with Gasteiger partial charge in [-0.05, 0) is 80.2 Å². The van der Waals surface area contributed by atoms with E-state index in [1.54, 1.807) is 12.1 Å². The number of non-ortho nitro benzene ring substituents is 1. The van der Waals surface area contributed by atoms with Crippen LogP contribution in [0.1, 0.15) is 51.4 Å². The van der Waals surface area contributed by atoms with Crippen molar-refractivity contribution in [1.82, 2.24) is 5.32 Å². The molecule has 0 aromatic heterocycles. The van der Waals surface area contributed by atoms with Crippen LogP contribution in [0.3, 0.4) is 0 Å². The van der Waals surface area contributed by atoms with Gasteiger partial charge in [-0.15, -0.1) is 0 Å². The van der Waals surface area contributed by atoms with E-state index in [1.807, 2.05) is 0 Å². The summed E-state index contributed by atoms with van der Waals surface area (Å²) in [5, 5.41) is 17.0. The van der Waals surface area contributed by atoms with Crippen molar-refractivity contribution in [2.45, 2.75) is 51.4 Å². The Morgan fingerprint density at radius 2 is 1.63 bits per heavy atom. The Kier molecular flexibility index (Phi) is 5.06. The number of carbonyl (C=O) groups excluding carboxylic acids is 1. The second-order valence-electron chi connectivity index (χ2n) is 9.03. The normalized spacial score (nSPS) is 30.9. The van der Waals surface area contributed by atoms with Crippen molar-refractivity contribution in [1.29, 1.82) is 0 Å². The molecule has 4 aliphatic rings. The highest BCUT2D eigenvalue weighted by atomic mass is 16.6. The van der Waals surface area contributed by atoms with Crippen LogP contribution in [0.15, 0.2) is 24.3 Å². The number of rotatable bonds is 8. The van der Waals surface area contributed by atoms with E-state index in [0.29, 0.717) is 18.4 Å². The van der Waals surface area contributed by atoms with E-state index < -0.39 is 4.92 Å². The SMILES string of the molecule is O=C(CC12CC3CC(CC(C3)C1)C2)NCCCNc1ccc([N+](=O)[O-])cc1. The third kappa shape index (κ3) is 4.25. The summed E-state index contributed by atoms with van der Waals surface area (Å²) < 4.78 is 0. The van der Waals surface area contributed by atoms with E-state index in [4.69, 9.17) is 0 Å². The molecule has 6 nitrogen and oxygen atoms in total. The molecule has 1 aromatic rings. The van der Waals surface area contributed by atoms with E-state index in [2.05, 4.69) is 10.6 Å². The monoisotopic (exact) mass is 371 g/mol. The Balaban J connectivity index is 1.16. The average Bonchev–Trinajstić information content (AvgIpc) is 2.60. The van der Waals surface area contributed by atoms with E-state index >= 15 is 0 Å². The third-order valence-electron chi connectivity index (χ3n) is 6.78. The Bertz CT molecular complexity index is 666. The molecule has 1 aromatic carbocycles. The van der Waals surface area contributed by atoms with Crippen LogP contribution >= 0.6 is 0 Å². The molecule has 5 rings (SSSR count). The summed E-state index contributed by atoms with van der Waals surface area (Å²) in [6.07, 6.45) is 9.60. The minimum atomic E-state index is -0.400. The van der Waals surface area contributed by atoms with Crippen LogP contribution in [0.25, 0.3) is 0 Å². The molecule has 2 N–H and O–H groups in total. The maximum atomic E-state index is 12.5. The van der Waals surface area contributed by atoms with Crippen molar-refractivity contribution in [3.05, 3.63) is 34.4 Å². The zero-order valence-electron chi connectivity index (χ0n) is 15.8. The number of nitrogens with one attached hydrogen (secondary N) is 2. The number of nitro benzene ring substituents is 1. The number of hydrogen-bond acceptors (Lipinski definition) is 4. The van der Waals surface area contributed by atoms with E-state index in [0.717, 1.165) is 36.4 Å². The van der Waals surface area contributed by atoms with Crippen LogP contribution in [-0.2, 0) is 4.79 Å². The molecule has 0 saturated heterocycles. The maximum absolute atomic E-state index is 12.5. The largest absolute Gasteiger partial charge is 0.385 e. The number of nitro groups is 1. The first kappa shape index (κ1) is 18.3. The molecule has 4 saturated carbocycles. The van der Waals surface area contributed by atoms with Gasteiger partial charge in [-0.1, -0.05) is 0 Å². The smallest absolute Gasteiger partial charge is 0.269 e. The molecule has 0 unspecified atom stereocenters. The van der Waals surface area contributed by atoms with Gasteiger partial charge >= 0.3 is 0 Å². The Hall–Kier alpha value is -2.11. The van der Waals surface area contributed by atoms with Gasteiger partial charge in [0, 0.05) is 37.3 Å². The lowest BCUT2D eigenvalue weighted by atomic mass is 9.49. The number of amides is 1. The first-order valence-corrected chi connectivity index (χ1v) is 10.3. The molecule has 4 bridgehead atoms. The summed E-state index contributed by atoms with van der Waals surface area (Å²) in [4.78, 5) is 22.7. The Morgan fingerprint density at radius 3 is 2.19 bits per heavy atom. The van der Waals surface area contributed by atoms with Crippen LogP contribution in [0.2, 0.25) is 0 Å². The summed E-state index contributed by atoms with van der Waals surface area (Å²) >= 11 is 0. The zero-order valence-corrected chi connectivity index (χ0v) is 15.8. The lowest BCUT2D eigenvalue weighted by molar-refractivity contribution is -0.384. The first-order valence-electron chi connectivity index (χ1n) is 10.3. The molecule has 4 fully saturated rings. The number of benzene rings is 1. The van der Waals surface area contributed by atoms with Gasteiger partial charge in [-0.3, -0.25) is 14.9 Å². The first-order chi connectivity index (χ1) is 13.0. The molecule has 146 valence electrons. The minimum absolute atomic E-state index is 0.0949. The van der Waals surface area contributed by atoms with Gasteiger partial charge in [0.2, 0.25) is 5.91 Å². The second kappa shape index (κ2) is 7.49. The molecule has 0 heterocycles. The fourth-order valence-electron chi connectivity index (χ4n) is 6.16. The van der Waals surface area contributed by atoms with Gasteiger partial charge in [0.25, 0.3) is 5.69 Å². The van der Waals surface area contributed by atoms with E-state index in [-0.39, 0.29) is 11.6 Å². The Labute approximate surface area is 160 Å². The zero-order chi connectivity index (χ0) is 18.9. The lowest BCUT2D eigenvalue weighted by Gasteiger charge is -2.56. The van der Waals surface area contributed by atoms with Crippen molar-refractivity contribution in [3.63, 3.8) is 0 Å². The number of anilines is 1. The maximum Gasteiger partial charge on any atom is 0.269 e. The van der Waals surface area contributed by atoms with Crippen molar-refractivity contribution < 1.29 is 9.72 Å². The molecular weight excluding hydrogens is 342 g/mol. The van der Waals surface area contributed by atoms with Crippen molar-refractivity contribution in [3.8, 4) is 0 Å². The molecule has 0 spiro atoms. The third-order valence-corrected chi connectivity index (χ3v) is 6.78. The predicted octanol–water partition coefficient (Wildman–Crippen LogP) is 4.12. The predicted molar refractivity (Wildman–Crippen MR) is 104 cm³/mol. The van der Waals surface area contributed by atoms with Gasteiger partial charge in [0.1, 0.15) is 0 Å². The van der Waals surface area contributed by atoms with Crippen LogP contribution in [-0.4, -0.2) is 23.9 Å². The fraction of sp³-hybridized carbons (Fsp3) is 0.667. The van der Waals surface area contributed by atoms with Crippen molar-refractivity contribution in [2.24, 2.45) is 23.2 Å². The highest BCUT2D eigenvalue weighted by Gasteiger charge is 2.51. The van der Waals surface area contributed by atoms with E-state index in [9.17, 15) is 14.9 Å². The van der Waals surface area contributed by atoms with Gasteiger partial charge in [-0.2, -0.15) is 0 Å². The number of nitrogens with zero attached hydrogens (tertiary/aromatic N) is 1. The fourth-order valence-corrected chi connectivity index (χ4v) is 6.16. The topological polar surface area (TPSA) is 84.3 Å². The lowest BCUT2D eigenvalue weighted by Crippen LogP contribution is -2.48. The van der Waals surface area contributed by atoms with Crippen LogP contribution in [0, 0.1) is 33.3 Å². The molecule has 4 aliphatic carbocycles. The summed E-state index contributed by atoms with van der Waals surface area (Å²) in [6, 6.07) is 6.42. The van der Waals surface area contributed by atoms with Crippen LogP contribution < -0.4 is 10.6 Å². The van der Waals surface area contributed by atoms with Crippen molar-refractivity contribution >= 4 is 17.3 Å². The van der Waals surface area contributed by atoms with E-state index in [1.165, 1.54) is 50.7 Å². The summed E-state index contributed by atoms with van der Waals surface area (Å²) in [7, 11) is 0. The molecular formula is C21H29N3O3. The minimum Gasteiger partial charge on any atom is -0.385 e. The molecule has 6 heteroatoms. The molecule has 1 amide bonds. The van der Waals surface area contributed by atoms with Gasteiger partial charge < -0.3 is 10.6 Å². The molecule has 0 aliphatic heterocycles.